The van der Waals surface area contributed by atoms with Gasteiger partial charge in [-0.2, -0.15) is 0 Å². The van der Waals surface area contributed by atoms with Crippen molar-refractivity contribution in [1.29, 1.82) is 0 Å². The molecule has 0 fully saturated rings. The topological polar surface area (TPSA) is 56.1 Å². The van der Waals surface area contributed by atoms with Crippen LogP contribution in [-0.4, -0.2) is 28.6 Å². The molecular weight excluding hydrogens is 493 g/mol. The fourth-order valence-corrected chi connectivity index (χ4v) is 4.55. The SMILES string of the molecule is Cc1cc(OCCCn2c(CCCCCNC(=O)c3ccccc3Cl)nc3ccccc32)ccc1Cl. The third-order valence-electron chi connectivity index (χ3n) is 6.14. The molecule has 1 N–H and O–H groups in total. The molecule has 0 spiro atoms. The molecule has 3 aromatic carbocycles. The first-order chi connectivity index (χ1) is 17.5. The highest BCUT2D eigenvalue weighted by Crippen LogP contribution is 2.22. The Bertz CT molecular complexity index is 1320. The Morgan fingerprint density at radius 3 is 2.58 bits per heavy atom. The van der Waals surface area contributed by atoms with Gasteiger partial charge in [-0.1, -0.05) is 53.9 Å². The van der Waals surface area contributed by atoms with E-state index in [4.69, 9.17) is 32.9 Å². The minimum atomic E-state index is -0.127. The molecule has 0 aliphatic carbocycles. The van der Waals surface area contributed by atoms with Crippen LogP contribution < -0.4 is 10.1 Å². The molecule has 188 valence electrons. The first-order valence-corrected chi connectivity index (χ1v) is 13.1. The van der Waals surface area contributed by atoms with Gasteiger partial charge in [-0.25, -0.2) is 4.98 Å². The summed E-state index contributed by atoms with van der Waals surface area (Å²) in [6, 6.07) is 21.1. The van der Waals surface area contributed by atoms with Gasteiger partial charge in [0.25, 0.3) is 5.91 Å². The van der Waals surface area contributed by atoms with Crippen LogP contribution in [0.25, 0.3) is 11.0 Å². The lowest BCUT2D eigenvalue weighted by molar-refractivity contribution is 0.0953. The Kier molecular flexibility index (Phi) is 9.26. The van der Waals surface area contributed by atoms with Crippen LogP contribution in [0.4, 0.5) is 0 Å². The van der Waals surface area contributed by atoms with Gasteiger partial charge in [0.1, 0.15) is 11.6 Å². The lowest BCUT2D eigenvalue weighted by atomic mass is 10.1. The first kappa shape index (κ1) is 26.1. The fraction of sp³-hybridized carbons (Fsp3) is 0.310. The second-order valence-corrected chi connectivity index (χ2v) is 9.64. The molecule has 36 heavy (non-hydrogen) atoms. The minimum Gasteiger partial charge on any atom is -0.494 e. The summed E-state index contributed by atoms with van der Waals surface area (Å²) in [5.41, 5.74) is 3.71. The predicted molar refractivity (Wildman–Crippen MR) is 147 cm³/mol. The summed E-state index contributed by atoms with van der Waals surface area (Å²) >= 11 is 12.2. The second kappa shape index (κ2) is 12.8. The van der Waals surface area contributed by atoms with E-state index in [-0.39, 0.29) is 5.91 Å². The number of aryl methyl sites for hydroxylation is 3. The van der Waals surface area contributed by atoms with Crippen molar-refractivity contribution in [2.75, 3.05) is 13.2 Å². The molecule has 0 saturated heterocycles. The minimum absolute atomic E-state index is 0.127. The summed E-state index contributed by atoms with van der Waals surface area (Å²) in [5, 5.41) is 4.18. The molecule has 7 heteroatoms. The van der Waals surface area contributed by atoms with Crippen LogP contribution in [0, 0.1) is 6.92 Å². The third-order valence-corrected chi connectivity index (χ3v) is 6.89. The van der Waals surface area contributed by atoms with Gasteiger partial charge < -0.3 is 14.6 Å². The van der Waals surface area contributed by atoms with E-state index in [1.54, 1.807) is 12.1 Å². The summed E-state index contributed by atoms with van der Waals surface area (Å²) in [7, 11) is 0. The molecule has 0 atom stereocenters. The molecule has 0 aliphatic heterocycles. The molecule has 0 radical (unpaired) electrons. The molecule has 4 aromatic rings. The predicted octanol–water partition coefficient (Wildman–Crippen LogP) is 7.26. The van der Waals surface area contributed by atoms with E-state index in [2.05, 4.69) is 28.1 Å². The van der Waals surface area contributed by atoms with E-state index in [9.17, 15) is 4.79 Å². The number of fused-ring (bicyclic) bond motifs is 1. The number of carbonyl (C=O) groups excluding carboxylic acids is 1. The smallest absolute Gasteiger partial charge is 0.252 e. The van der Waals surface area contributed by atoms with Crippen molar-refractivity contribution < 1.29 is 9.53 Å². The number of imidazole rings is 1. The average molecular weight is 524 g/mol. The summed E-state index contributed by atoms with van der Waals surface area (Å²) in [6.45, 7) is 4.07. The number of unbranched alkanes of at least 4 members (excludes halogenated alkanes) is 2. The molecule has 4 rings (SSSR count). The van der Waals surface area contributed by atoms with E-state index in [0.717, 1.165) is 71.8 Å². The van der Waals surface area contributed by atoms with Crippen LogP contribution in [0.15, 0.2) is 66.7 Å². The van der Waals surface area contributed by atoms with Crippen molar-refractivity contribution in [3.05, 3.63) is 93.7 Å². The van der Waals surface area contributed by atoms with E-state index in [1.807, 2.05) is 43.3 Å². The first-order valence-electron chi connectivity index (χ1n) is 12.4. The highest BCUT2D eigenvalue weighted by molar-refractivity contribution is 6.33. The number of carbonyl (C=O) groups is 1. The number of aromatic nitrogens is 2. The van der Waals surface area contributed by atoms with Crippen LogP contribution in [0.1, 0.15) is 47.4 Å². The zero-order valence-corrected chi connectivity index (χ0v) is 22.0. The van der Waals surface area contributed by atoms with E-state index < -0.39 is 0 Å². The number of para-hydroxylation sites is 2. The number of nitrogens with one attached hydrogen (secondary N) is 1. The summed E-state index contributed by atoms with van der Waals surface area (Å²) in [6.07, 6.45) is 4.69. The van der Waals surface area contributed by atoms with Crippen molar-refractivity contribution in [3.63, 3.8) is 0 Å². The molecule has 0 bridgehead atoms. The number of halogens is 2. The van der Waals surface area contributed by atoms with Crippen LogP contribution in [-0.2, 0) is 13.0 Å². The monoisotopic (exact) mass is 523 g/mol. The Hall–Kier alpha value is -3.02. The number of benzene rings is 3. The van der Waals surface area contributed by atoms with Gasteiger partial charge in [-0.15, -0.1) is 0 Å². The van der Waals surface area contributed by atoms with Crippen LogP contribution in [0.3, 0.4) is 0 Å². The van der Waals surface area contributed by atoms with E-state index in [0.29, 0.717) is 23.7 Å². The van der Waals surface area contributed by atoms with Gasteiger partial charge in [0.05, 0.1) is 28.2 Å². The molecule has 1 aromatic heterocycles. The van der Waals surface area contributed by atoms with Crippen LogP contribution >= 0.6 is 23.2 Å². The zero-order chi connectivity index (χ0) is 25.3. The quantitative estimate of drug-likeness (QED) is 0.199. The lowest BCUT2D eigenvalue weighted by Crippen LogP contribution is -2.24. The van der Waals surface area contributed by atoms with Gasteiger partial charge >= 0.3 is 0 Å². The highest BCUT2D eigenvalue weighted by Gasteiger charge is 2.11. The number of nitrogens with zero attached hydrogens (tertiary/aromatic N) is 2. The number of hydrogen-bond donors (Lipinski definition) is 1. The molecule has 0 aliphatic rings. The Morgan fingerprint density at radius 2 is 1.75 bits per heavy atom. The molecule has 1 amide bonds. The van der Waals surface area contributed by atoms with Gasteiger partial charge in [0, 0.05) is 24.5 Å². The van der Waals surface area contributed by atoms with Gasteiger partial charge in [-0.05, 0) is 74.2 Å². The fourth-order valence-electron chi connectivity index (χ4n) is 4.21. The average Bonchev–Trinajstić information content (AvgIpc) is 3.23. The Balaban J connectivity index is 1.25. The van der Waals surface area contributed by atoms with E-state index in [1.165, 1.54) is 0 Å². The molecule has 0 unspecified atom stereocenters. The van der Waals surface area contributed by atoms with E-state index >= 15 is 0 Å². The van der Waals surface area contributed by atoms with Gasteiger partial charge in [0.15, 0.2) is 0 Å². The summed E-state index contributed by atoms with van der Waals surface area (Å²) in [4.78, 5) is 17.2. The molecule has 0 saturated carbocycles. The highest BCUT2D eigenvalue weighted by atomic mass is 35.5. The molecule has 5 nitrogen and oxygen atoms in total. The van der Waals surface area contributed by atoms with Gasteiger partial charge in [-0.3, -0.25) is 4.79 Å². The number of ether oxygens (including phenoxy) is 1. The van der Waals surface area contributed by atoms with Crippen LogP contribution in [0.5, 0.6) is 5.75 Å². The maximum absolute atomic E-state index is 12.3. The van der Waals surface area contributed by atoms with Crippen molar-refractivity contribution in [3.8, 4) is 5.75 Å². The zero-order valence-electron chi connectivity index (χ0n) is 20.5. The third kappa shape index (κ3) is 6.80. The van der Waals surface area contributed by atoms with Crippen molar-refractivity contribution in [2.45, 2.75) is 45.6 Å². The molecule has 1 heterocycles. The summed E-state index contributed by atoms with van der Waals surface area (Å²) in [5.74, 6) is 1.81. The largest absolute Gasteiger partial charge is 0.494 e. The second-order valence-electron chi connectivity index (χ2n) is 8.83. The molecular formula is C29H31Cl2N3O2. The van der Waals surface area contributed by atoms with Crippen molar-refractivity contribution in [2.24, 2.45) is 0 Å². The number of hydrogen-bond acceptors (Lipinski definition) is 3. The van der Waals surface area contributed by atoms with Gasteiger partial charge in [0.2, 0.25) is 0 Å². The maximum Gasteiger partial charge on any atom is 0.252 e. The number of amides is 1. The number of rotatable bonds is 12. The Labute approximate surface area is 222 Å². The van der Waals surface area contributed by atoms with Crippen molar-refractivity contribution >= 4 is 40.1 Å². The summed E-state index contributed by atoms with van der Waals surface area (Å²) < 4.78 is 8.25. The maximum atomic E-state index is 12.3. The lowest BCUT2D eigenvalue weighted by Gasteiger charge is -2.11. The standard InChI is InChI=1S/C29H31Cl2N3O2/c1-21-20-22(15-16-24(21)30)36-19-9-18-34-27-13-7-6-12-26(27)33-28(34)14-3-2-8-17-32-29(35)23-10-4-5-11-25(23)31/h4-7,10-13,15-16,20H,2-3,8-9,14,17-19H2,1H3,(H,32,35). The normalized spacial score (nSPS) is 11.1. The Morgan fingerprint density at radius 1 is 0.944 bits per heavy atom. The van der Waals surface area contributed by atoms with Crippen molar-refractivity contribution in [1.82, 2.24) is 14.9 Å². The van der Waals surface area contributed by atoms with Crippen LogP contribution in [0.2, 0.25) is 10.0 Å².